The van der Waals surface area contributed by atoms with E-state index in [0.29, 0.717) is 41.5 Å². The zero-order valence-corrected chi connectivity index (χ0v) is 16.3. The second-order valence-corrected chi connectivity index (χ2v) is 8.17. The Bertz CT molecular complexity index is 1030. The molecular weight excluding hydrogens is 399 g/mol. The van der Waals surface area contributed by atoms with Gasteiger partial charge in [-0.15, -0.1) is 12.4 Å². The van der Waals surface area contributed by atoms with E-state index >= 15 is 0 Å². The van der Waals surface area contributed by atoms with Gasteiger partial charge in [-0.25, -0.2) is 18.4 Å². The third kappa shape index (κ3) is 2.99. The first-order valence-electron chi connectivity index (χ1n) is 7.81. The highest BCUT2D eigenvalue weighted by molar-refractivity contribution is 7.89. The van der Waals surface area contributed by atoms with E-state index in [2.05, 4.69) is 20.3 Å². The third-order valence-corrected chi connectivity index (χ3v) is 6.67. The standard InChI is InChI=1S/C15H17ClN6O2S.ClH/c1-21-6-5-19-15(21)11-8-17-4-7-22(11)25(23,24)12-9-20-14-13(12)10(16)2-3-18-14;/h2-3,5-6,9,11,17H,4,7-8H2,1H3,(H,18,20);1H. The zero-order chi connectivity index (χ0) is 17.6. The molecule has 0 radical (unpaired) electrons. The molecule has 1 saturated heterocycles. The number of rotatable bonds is 3. The topological polar surface area (TPSA) is 95.9 Å². The fraction of sp³-hybridized carbons (Fsp3) is 0.333. The van der Waals surface area contributed by atoms with Gasteiger partial charge in [-0.2, -0.15) is 4.31 Å². The van der Waals surface area contributed by atoms with Crippen LogP contribution >= 0.6 is 24.0 Å². The normalized spacial score (nSPS) is 18.8. The van der Waals surface area contributed by atoms with E-state index in [-0.39, 0.29) is 23.3 Å². The minimum atomic E-state index is -3.78. The smallest absolute Gasteiger partial charge is 0.246 e. The summed E-state index contributed by atoms with van der Waals surface area (Å²) >= 11 is 6.24. The van der Waals surface area contributed by atoms with Crippen LogP contribution in [0.3, 0.4) is 0 Å². The molecule has 0 saturated carbocycles. The van der Waals surface area contributed by atoms with E-state index in [1.807, 2.05) is 11.6 Å². The van der Waals surface area contributed by atoms with Crippen LogP contribution in [0.4, 0.5) is 0 Å². The van der Waals surface area contributed by atoms with Gasteiger partial charge in [0.2, 0.25) is 10.0 Å². The summed E-state index contributed by atoms with van der Waals surface area (Å²) < 4.78 is 30.1. The SMILES string of the molecule is Cl.Cn1ccnc1C1CNCCN1S(=O)(=O)c1c[nH]c2nccc(Cl)c12. The molecule has 8 nitrogen and oxygen atoms in total. The highest BCUT2D eigenvalue weighted by atomic mass is 35.5. The lowest BCUT2D eigenvalue weighted by Gasteiger charge is -2.34. The quantitative estimate of drug-likeness (QED) is 0.677. The van der Waals surface area contributed by atoms with Crippen molar-refractivity contribution in [3.63, 3.8) is 0 Å². The highest BCUT2D eigenvalue weighted by Crippen LogP contribution is 2.34. The fourth-order valence-electron chi connectivity index (χ4n) is 3.21. The summed E-state index contributed by atoms with van der Waals surface area (Å²) in [6.45, 7) is 1.43. The summed E-state index contributed by atoms with van der Waals surface area (Å²) in [4.78, 5) is 11.5. The van der Waals surface area contributed by atoms with Crippen LogP contribution in [0.1, 0.15) is 11.9 Å². The first-order valence-corrected chi connectivity index (χ1v) is 9.63. The number of H-pyrrole nitrogens is 1. The van der Waals surface area contributed by atoms with Crippen LogP contribution < -0.4 is 5.32 Å². The van der Waals surface area contributed by atoms with Crippen LogP contribution in [-0.2, 0) is 17.1 Å². The van der Waals surface area contributed by atoms with Crippen molar-refractivity contribution < 1.29 is 8.42 Å². The summed E-state index contributed by atoms with van der Waals surface area (Å²) in [7, 11) is -1.92. The second kappa shape index (κ2) is 7.16. The number of fused-ring (bicyclic) bond motifs is 1. The molecule has 140 valence electrons. The first-order chi connectivity index (χ1) is 12.0. The maximum absolute atomic E-state index is 13.4. The van der Waals surface area contributed by atoms with Crippen molar-refractivity contribution in [2.24, 2.45) is 7.05 Å². The van der Waals surface area contributed by atoms with Gasteiger partial charge >= 0.3 is 0 Å². The zero-order valence-electron chi connectivity index (χ0n) is 13.9. The summed E-state index contributed by atoms with van der Waals surface area (Å²) in [5.74, 6) is 0.694. The molecule has 0 spiro atoms. The number of aromatic amines is 1. The van der Waals surface area contributed by atoms with Gasteiger partial charge in [0.1, 0.15) is 16.4 Å². The molecule has 1 fully saturated rings. The molecule has 4 heterocycles. The van der Waals surface area contributed by atoms with Gasteiger partial charge in [0.25, 0.3) is 0 Å². The number of halogens is 2. The van der Waals surface area contributed by atoms with Gasteiger partial charge in [0, 0.05) is 51.5 Å². The van der Waals surface area contributed by atoms with Crippen LogP contribution in [0.25, 0.3) is 11.0 Å². The van der Waals surface area contributed by atoms with Crippen LogP contribution in [0.15, 0.2) is 35.7 Å². The molecule has 0 bridgehead atoms. The van der Waals surface area contributed by atoms with Crippen molar-refractivity contribution >= 4 is 45.1 Å². The molecule has 3 aromatic heterocycles. The Kier molecular flexibility index (Phi) is 5.27. The molecule has 2 N–H and O–H groups in total. The predicted octanol–water partition coefficient (Wildman–Crippen LogP) is 1.71. The maximum atomic E-state index is 13.4. The van der Waals surface area contributed by atoms with Crippen LogP contribution in [0.2, 0.25) is 5.02 Å². The summed E-state index contributed by atoms with van der Waals surface area (Å²) in [5, 5.41) is 4.01. The van der Waals surface area contributed by atoms with Gasteiger partial charge in [0.05, 0.1) is 16.5 Å². The largest absolute Gasteiger partial charge is 0.345 e. The van der Waals surface area contributed by atoms with Gasteiger partial charge < -0.3 is 14.9 Å². The number of pyridine rings is 1. The van der Waals surface area contributed by atoms with E-state index in [0.717, 1.165) is 0 Å². The van der Waals surface area contributed by atoms with Crippen molar-refractivity contribution in [2.75, 3.05) is 19.6 Å². The fourth-order valence-corrected chi connectivity index (χ4v) is 5.27. The van der Waals surface area contributed by atoms with Crippen LogP contribution in [0, 0.1) is 0 Å². The molecule has 1 aliphatic heterocycles. The van der Waals surface area contributed by atoms with Gasteiger partial charge in [0.15, 0.2) is 0 Å². The first kappa shape index (κ1) is 19.1. The molecule has 0 amide bonds. The molecule has 3 aromatic rings. The lowest BCUT2D eigenvalue weighted by Crippen LogP contribution is -2.49. The minimum absolute atomic E-state index is 0. The van der Waals surface area contributed by atoms with Gasteiger partial charge in [-0.3, -0.25) is 0 Å². The number of hydrogen-bond donors (Lipinski definition) is 2. The van der Waals surface area contributed by atoms with E-state index in [1.165, 1.54) is 10.5 Å². The average Bonchev–Trinajstić information content (AvgIpc) is 3.22. The molecule has 1 aliphatic rings. The molecule has 0 aliphatic carbocycles. The Balaban J connectivity index is 0.00000196. The Morgan fingerprint density at radius 3 is 2.85 bits per heavy atom. The Labute approximate surface area is 162 Å². The Hall–Kier alpha value is -1.65. The van der Waals surface area contributed by atoms with Crippen molar-refractivity contribution in [1.82, 2.24) is 29.1 Å². The minimum Gasteiger partial charge on any atom is -0.345 e. The number of sulfonamides is 1. The van der Waals surface area contributed by atoms with Crippen LogP contribution in [0.5, 0.6) is 0 Å². The van der Waals surface area contributed by atoms with Gasteiger partial charge in [-0.1, -0.05) is 11.6 Å². The van der Waals surface area contributed by atoms with E-state index < -0.39 is 10.0 Å². The van der Waals surface area contributed by atoms with Crippen molar-refractivity contribution in [3.8, 4) is 0 Å². The Morgan fingerprint density at radius 1 is 1.31 bits per heavy atom. The number of aromatic nitrogens is 4. The maximum Gasteiger partial charge on any atom is 0.246 e. The lowest BCUT2D eigenvalue weighted by atomic mass is 10.2. The number of piperazine rings is 1. The number of nitrogens with zero attached hydrogens (tertiary/aromatic N) is 4. The molecule has 26 heavy (non-hydrogen) atoms. The van der Waals surface area contributed by atoms with E-state index in [1.54, 1.807) is 24.7 Å². The van der Waals surface area contributed by atoms with Crippen LogP contribution in [-0.4, -0.2) is 51.9 Å². The third-order valence-electron chi connectivity index (χ3n) is 4.42. The number of hydrogen-bond acceptors (Lipinski definition) is 5. The summed E-state index contributed by atoms with van der Waals surface area (Å²) in [5.41, 5.74) is 0.453. The lowest BCUT2D eigenvalue weighted by molar-refractivity contribution is 0.258. The molecule has 1 unspecified atom stereocenters. The average molecular weight is 417 g/mol. The summed E-state index contributed by atoms with van der Waals surface area (Å²) in [6.07, 6.45) is 6.47. The van der Waals surface area contributed by atoms with E-state index in [9.17, 15) is 8.42 Å². The molecule has 11 heteroatoms. The molecule has 0 aromatic carbocycles. The summed E-state index contributed by atoms with van der Waals surface area (Å²) in [6, 6.07) is 1.20. The predicted molar refractivity (Wildman–Crippen MR) is 101 cm³/mol. The number of nitrogens with one attached hydrogen (secondary N) is 2. The van der Waals surface area contributed by atoms with Crippen molar-refractivity contribution in [3.05, 3.63) is 41.7 Å². The Morgan fingerprint density at radius 2 is 2.12 bits per heavy atom. The molecular formula is C15H18Cl2N6O2S. The van der Waals surface area contributed by atoms with Crippen molar-refractivity contribution in [2.45, 2.75) is 10.9 Å². The van der Waals surface area contributed by atoms with Crippen molar-refractivity contribution in [1.29, 1.82) is 0 Å². The molecule has 1 atom stereocenters. The number of aryl methyl sites for hydroxylation is 1. The molecule has 4 rings (SSSR count). The second-order valence-electron chi connectivity index (χ2n) is 5.90. The highest BCUT2D eigenvalue weighted by Gasteiger charge is 2.38. The van der Waals surface area contributed by atoms with E-state index in [4.69, 9.17) is 11.6 Å². The number of imidazole rings is 1. The monoisotopic (exact) mass is 416 g/mol. The van der Waals surface area contributed by atoms with Gasteiger partial charge in [-0.05, 0) is 6.07 Å².